The van der Waals surface area contributed by atoms with E-state index in [4.69, 9.17) is 0 Å². The fourth-order valence-electron chi connectivity index (χ4n) is 3.79. The number of benzene rings is 1. The van der Waals surface area contributed by atoms with E-state index >= 15 is 0 Å². The van der Waals surface area contributed by atoms with Crippen LogP contribution in [-0.2, 0) is 17.6 Å². The summed E-state index contributed by atoms with van der Waals surface area (Å²) in [5, 5.41) is 4.44. The lowest BCUT2D eigenvalue weighted by atomic mass is 10.0. The van der Waals surface area contributed by atoms with Crippen LogP contribution in [0.25, 0.3) is 5.78 Å². The molecule has 0 N–H and O–H groups in total. The molecule has 1 unspecified atom stereocenters. The van der Waals surface area contributed by atoms with Gasteiger partial charge < -0.3 is 4.90 Å². The van der Waals surface area contributed by atoms with Crippen LogP contribution in [-0.4, -0.2) is 43.0 Å². The van der Waals surface area contributed by atoms with Crippen molar-refractivity contribution in [1.82, 2.24) is 24.5 Å². The summed E-state index contributed by atoms with van der Waals surface area (Å²) in [5.74, 6) is 0.813. The summed E-state index contributed by atoms with van der Waals surface area (Å²) in [7, 11) is 0. The van der Waals surface area contributed by atoms with Gasteiger partial charge in [0.1, 0.15) is 5.82 Å². The first-order chi connectivity index (χ1) is 13.0. The van der Waals surface area contributed by atoms with E-state index in [-0.39, 0.29) is 24.2 Å². The zero-order valence-corrected chi connectivity index (χ0v) is 15.5. The summed E-state index contributed by atoms with van der Waals surface area (Å²) in [5.41, 5.74) is 2.87. The SMILES string of the molecule is Cc1cc(C)n2nc(CC(=O)N3CCCC3Cc3ccc(F)cc3)nc2n1. The Hall–Kier alpha value is -2.83. The fraction of sp³-hybridized carbons (Fsp3) is 0.400. The molecule has 0 radical (unpaired) electrons. The predicted octanol–water partition coefficient (Wildman–Crippen LogP) is 2.66. The molecule has 1 aliphatic heterocycles. The Labute approximate surface area is 157 Å². The van der Waals surface area contributed by atoms with Gasteiger partial charge in [0.2, 0.25) is 5.91 Å². The first kappa shape index (κ1) is 17.6. The van der Waals surface area contributed by atoms with E-state index in [1.54, 1.807) is 16.6 Å². The number of amides is 1. The molecule has 1 fully saturated rings. The minimum Gasteiger partial charge on any atom is -0.339 e. The van der Waals surface area contributed by atoms with Gasteiger partial charge in [0.05, 0.1) is 6.42 Å². The number of carbonyl (C=O) groups excluding carboxylic acids is 1. The van der Waals surface area contributed by atoms with Gasteiger partial charge in [-0.25, -0.2) is 13.9 Å². The molecule has 1 amide bonds. The number of nitrogens with zero attached hydrogens (tertiary/aromatic N) is 5. The molecule has 3 aromatic rings. The molecule has 1 aromatic carbocycles. The van der Waals surface area contributed by atoms with Gasteiger partial charge in [0.25, 0.3) is 5.78 Å². The second-order valence-corrected chi connectivity index (χ2v) is 7.17. The molecule has 2 aromatic heterocycles. The van der Waals surface area contributed by atoms with Crippen LogP contribution in [0.15, 0.2) is 30.3 Å². The maximum Gasteiger partial charge on any atom is 0.252 e. The minimum atomic E-state index is -0.241. The summed E-state index contributed by atoms with van der Waals surface area (Å²) < 4.78 is 14.8. The average molecular weight is 367 g/mol. The molecule has 7 heteroatoms. The number of hydrogen-bond donors (Lipinski definition) is 0. The Morgan fingerprint density at radius 3 is 2.78 bits per heavy atom. The Balaban J connectivity index is 1.48. The topological polar surface area (TPSA) is 63.4 Å². The molecule has 3 heterocycles. The third kappa shape index (κ3) is 3.67. The van der Waals surface area contributed by atoms with Gasteiger partial charge in [-0.05, 0) is 56.9 Å². The summed E-state index contributed by atoms with van der Waals surface area (Å²) in [6, 6.07) is 8.59. The summed E-state index contributed by atoms with van der Waals surface area (Å²) >= 11 is 0. The van der Waals surface area contributed by atoms with Gasteiger partial charge in [-0.3, -0.25) is 4.79 Å². The molecule has 0 aliphatic carbocycles. The number of carbonyl (C=O) groups is 1. The molecule has 1 saturated heterocycles. The van der Waals surface area contributed by atoms with Gasteiger partial charge in [-0.15, -0.1) is 5.10 Å². The monoisotopic (exact) mass is 367 g/mol. The van der Waals surface area contributed by atoms with Crippen LogP contribution in [0, 0.1) is 19.7 Å². The number of hydrogen-bond acceptors (Lipinski definition) is 4. The van der Waals surface area contributed by atoms with Gasteiger partial charge in [-0.2, -0.15) is 4.98 Å². The molecule has 6 nitrogen and oxygen atoms in total. The molecule has 140 valence electrons. The van der Waals surface area contributed by atoms with Crippen LogP contribution in [0.4, 0.5) is 4.39 Å². The highest BCUT2D eigenvalue weighted by atomic mass is 19.1. The first-order valence-corrected chi connectivity index (χ1v) is 9.23. The normalized spacial score (nSPS) is 17.0. The van der Waals surface area contributed by atoms with Gasteiger partial charge in [-0.1, -0.05) is 12.1 Å². The van der Waals surface area contributed by atoms with Crippen molar-refractivity contribution in [2.24, 2.45) is 0 Å². The van der Waals surface area contributed by atoms with E-state index in [0.29, 0.717) is 11.6 Å². The van der Waals surface area contributed by atoms with Crippen LogP contribution in [0.2, 0.25) is 0 Å². The highest BCUT2D eigenvalue weighted by Gasteiger charge is 2.29. The quantitative estimate of drug-likeness (QED) is 0.711. The van der Waals surface area contributed by atoms with Crippen molar-refractivity contribution in [2.75, 3.05) is 6.54 Å². The number of likely N-dealkylation sites (tertiary alicyclic amines) is 1. The minimum absolute atomic E-state index is 0.0323. The third-order valence-corrected chi connectivity index (χ3v) is 5.05. The second kappa shape index (κ2) is 7.06. The lowest BCUT2D eigenvalue weighted by Crippen LogP contribution is -2.38. The molecule has 0 bridgehead atoms. The second-order valence-electron chi connectivity index (χ2n) is 7.17. The highest BCUT2D eigenvalue weighted by molar-refractivity contribution is 5.78. The number of aryl methyl sites for hydroxylation is 2. The first-order valence-electron chi connectivity index (χ1n) is 9.23. The van der Waals surface area contributed by atoms with E-state index in [2.05, 4.69) is 15.1 Å². The van der Waals surface area contributed by atoms with E-state index in [9.17, 15) is 9.18 Å². The average Bonchev–Trinajstić information content (AvgIpc) is 3.23. The molecular formula is C20H22FN5O. The zero-order chi connectivity index (χ0) is 19.0. The van der Waals surface area contributed by atoms with Gasteiger partial charge in [0.15, 0.2) is 5.82 Å². The van der Waals surface area contributed by atoms with E-state index in [1.165, 1.54) is 12.1 Å². The number of rotatable bonds is 4. The van der Waals surface area contributed by atoms with Crippen molar-refractivity contribution in [3.8, 4) is 0 Å². The standard InChI is InChI=1S/C20H22FN5O/c1-13-10-14(2)26-20(22-13)23-18(24-26)12-19(27)25-9-3-4-17(25)11-15-5-7-16(21)8-6-15/h5-8,10,17H,3-4,9,11-12H2,1-2H3. The predicted molar refractivity (Wildman–Crippen MR) is 98.8 cm³/mol. The number of fused-ring (bicyclic) bond motifs is 1. The molecule has 0 spiro atoms. The third-order valence-electron chi connectivity index (χ3n) is 5.05. The van der Waals surface area contributed by atoms with Crippen LogP contribution in [0.1, 0.15) is 35.6 Å². The Morgan fingerprint density at radius 1 is 1.22 bits per heavy atom. The lowest BCUT2D eigenvalue weighted by Gasteiger charge is -2.24. The van der Waals surface area contributed by atoms with Gasteiger partial charge >= 0.3 is 0 Å². The van der Waals surface area contributed by atoms with Crippen LogP contribution < -0.4 is 0 Å². The van der Waals surface area contributed by atoms with Crippen LogP contribution >= 0.6 is 0 Å². The number of aromatic nitrogens is 4. The van der Waals surface area contributed by atoms with Crippen molar-refractivity contribution in [1.29, 1.82) is 0 Å². The maximum absolute atomic E-state index is 13.1. The van der Waals surface area contributed by atoms with E-state index in [1.807, 2.05) is 24.8 Å². The van der Waals surface area contributed by atoms with E-state index in [0.717, 1.165) is 42.8 Å². The summed E-state index contributed by atoms with van der Waals surface area (Å²) in [4.78, 5) is 23.6. The summed E-state index contributed by atoms with van der Waals surface area (Å²) in [6.07, 6.45) is 2.85. The largest absolute Gasteiger partial charge is 0.339 e. The maximum atomic E-state index is 13.1. The van der Waals surface area contributed by atoms with Crippen LogP contribution in [0.5, 0.6) is 0 Å². The van der Waals surface area contributed by atoms with Gasteiger partial charge in [0, 0.05) is 24.0 Å². The Morgan fingerprint density at radius 2 is 2.00 bits per heavy atom. The molecule has 0 saturated carbocycles. The molecule has 1 aliphatic rings. The molecule has 4 rings (SSSR count). The molecule has 1 atom stereocenters. The Bertz CT molecular complexity index is 982. The van der Waals surface area contributed by atoms with Crippen molar-refractivity contribution in [3.05, 3.63) is 58.9 Å². The highest BCUT2D eigenvalue weighted by Crippen LogP contribution is 2.22. The Kier molecular flexibility index (Phi) is 4.59. The van der Waals surface area contributed by atoms with Crippen molar-refractivity contribution < 1.29 is 9.18 Å². The summed E-state index contributed by atoms with van der Waals surface area (Å²) in [6.45, 7) is 4.60. The van der Waals surface area contributed by atoms with Crippen molar-refractivity contribution in [3.63, 3.8) is 0 Å². The van der Waals surface area contributed by atoms with Crippen LogP contribution in [0.3, 0.4) is 0 Å². The fourth-order valence-corrected chi connectivity index (χ4v) is 3.79. The smallest absolute Gasteiger partial charge is 0.252 e. The number of halogens is 1. The molecule has 27 heavy (non-hydrogen) atoms. The molecular weight excluding hydrogens is 345 g/mol. The van der Waals surface area contributed by atoms with Crippen molar-refractivity contribution in [2.45, 2.75) is 45.6 Å². The zero-order valence-electron chi connectivity index (χ0n) is 15.5. The van der Waals surface area contributed by atoms with E-state index < -0.39 is 0 Å². The van der Waals surface area contributed by atoms with Crippen molar-refractivity contribution >= 4 is 11.7 Å². The lowest BCUT2D eigenvalue weighted by molar-refractivity contribution is -0.131.